The molecule has 0 aromatic carbocycles. The fraction of sp³-hybridized carbons (Fsp3) is 0.962. The van der Waals surface area contributed by atoms with Gasteiger partial charge < -0.3 is 87.8 Å². The summed E-state index contributed by atoms with van der Waals surface area (Å²) in [6, 6.07) is -4.94. The van der Waals surface area contributed by atoms with E-state index >= 15 is 0 Å². The average Bonchev–Trinajstić information content (AvgIpc) is 2.98. The number of nitrogens with one attached hydrogen (secondary N) is 3. The highest BCUT2D eigenvalue weighted by atomic mass is 16.7. The summed E-state index contributed by atoms with van der Waals surface area (Å²) >= 11 is 0. The number of carbonyl (C=O) groups excluding carboxylic acids is 1. The van der Waals surface area contributed by atoms with Crippen molar-refractivity contribution in [3.63, 3.8) is 0 Å². The van der Waals surface area contributed by atoms with Crippen LogP contribution in [0.15, 0.2) is 0 Å². The van der Waals surface area contributed by atoms with Crippen molar-refractivity contribution in [3.8, 4) is 0 Å². The number of hydrogen-bond acceptors (Lipinski definition) is 17. The molecule has 15 unspecified atom stereocenters. The molecule has 1 amide bonds. The fourth-order valence-electron chi connectivity index (χ4n) is 5.89. The highest BCUT2D eigenvalue weighted by Gasteiger charge is 2.52. The van der Waals surface area contributed by atoms with Crippen LogP contribution < -0.4 is 33.2 Å². The highest BCUT2D eigenvalue weighted by molar-refractivity contribution is 5.81. The van der Waals surface area contributed by atoms with Gasteiger partial charge in [-0.05, 0) is 33.2 Å². The third kappa shape index (κ3) is 9.00. The normalized spacial score (nSPS) is 42.0. The second kappa shape index (κ2) is 16.6. The molecule has 0 radical (unpaired) electrons. The summed E-state index contributed by atoms with van der Waals surface area (Å²) in [4.78, 5) is 12.9. The van der Waals surface area contributed by atoms with Crippen LogP contribution in [0.2, 0.25) is 0 Å². The molecule has 0 bridgehead atoms. The van der Waals surface area contributed by atoms with E-state index in [0.29, 0.717) is 25.9 Å². The molecule has 18 heteroatoms. The van der Waals surface area contributed by atoms with Crippen molar-refractivity contribution in [1.82, 2.24) is 16.0 Å². The molecule has 3 aliphatic rings. The zero-order valence-corrected chi connectivity index (χ0v) is 25.1. The molecule has 0 aromatic rings. The van der Waals surface area contributed by atoms with Crippen molar-refractivity contribution in [1.29, 1.82) is 0 Å². The van der Waals surface area contributed by atoms with Crippen LogP contribution in [-0.2, 0) is 23.7 Å². The molecule has 0 spiro atoms. The van der Waals surface area contributed by atoms with Gasteiger partial charge in [0.25, 0.3) is 5.91 Å². The van der Waals surface area contributed by atoms with E-state index in [0.717, 1.165) is 0 Å². The van der Waals surface area contributed by atoms with Gasteiger partial charge >= 0.3 is 0 Å². The predicted molar refractivity (Wildman–Crippen MR) is 152 cm³/mol. The molecule has 1 aliphatic carbocycles. The number of likely N-dealkylation sites (N-methyl/N-ethyl adjacent to an activating group) is 1. The van der Waals surface area contributed by atoms with Crippen molar-refractivity contribution in [3.05, 3.63) is 0 Å². The van der Waals surface area contributed by atoms with Gasteiger partial charge in [0, 0.05) is 19.1 Å². The Morgan fingerprint density at radius 1 is 1.07 bits per heavy atom. The molecule has 258 valence electrons. The van der Waals surface area contributed by atoms with Gasteiger partial charge in [0.2, 0.25) is 0 Å². The molecule has 2 aliphatic heterocycles. The SMILES string of the molecule is CNC1C(O)C(OC2C(NC(=O)C(O)C(N)C(O)CO)CC(N)C(OC3OC(CNCCO)CCC3N)C2O)OCC1(C)O. The van der Waals surface area contributed by atoms with Crippen molar-refractivity contribution >= 4 is 5.91 Å². The van der Waals surface area contributed by atoms with Crippen LogP contribution in [0.25, 0.3) is 0 Å². The van der Waals surface area contributed by atoms with Crippen LogP contribution in [0, 0.1) is 0 Å². The van der Waals surface area contributed by atoms with Crippen molar-refractivity contribution in [2.24, 2.45) is 17.2 Å². The second-order valence-electron chi connectivity index (χ2n) is 12.1. The maximum Gasteiger partial charge on any atom is 0.250 e. The monoisotopic (exact) mass is 640 g/mol. The van der Waals surface area contributed by atoms with Crippen molar-refractivity contribution in [2.75, 3.05) is 40.0 Å². The molecule has 3 fully saturated rings. The second-order valence-corrected chi connectivity index (χ2v) is 12.1. The first-order valence-corrected chi connectivity index (χ1v) is 14.9. The van der Waals surface area contributed by atoms with Gasteiger partial charge in [0.15, 0.2) is 12.6 Å². The van der Waals surface area contributed by atoms with E-state index in [-0.39, 0.29) is 25.7 Å². The first kappa shape index (κ1) is 37.3. The number of ether oxygens (including phenoxy) is 4. The van der Waals surface area contributed by atoms with E-state index in [2.05, 4.69) is 16.0 Å². The minimum atomic E-state index is -1.94. The summed E-state index contributed by atoms with van der Waals surface area (Å²) in [6.07, 6.45) is -10.4. The van der Waals surface area contributed by atoms with Crippen LogP contribution in [0.3, 0.4) is 0 Å². The topological polar surface area (TPSA) is 310 Å². The first-order valence-electron chi connectivity index (χ1n) is 14.9. The smallest absolute Gasteiger partial charge is 0.250 e. The molecule has 18 nitrogen and oxygen atoms in total. The summed E-state index contributed by atoms with van der Waals surface area (Å²) in [7, 11) is 1.54. The van der Waals surface area contributed by atoms with Gasteiger partial charge in [-0.1, -0.05) is 0 Å². The first-order chi connectivity index (χ1) is 20.7. The Labute approximate surface area is 256 Å². The van der Waals surface area contributed by atoms with E-state index in [4.69, 9.17) is 46.4 Å². The standard InChI is InChI=1S/C26H52N6O12/c1-26(40)10-41-25(19(38)22(26)30-2)44-21-14(32-23(39)17(36)16(29)15(35)9-34)7-13(28)20(18(21)37)43-24-12(27)4-3-11(42-24)8-31-5-6-33/h11-22,24-25,30-31,33-38,40H,3-10,27-29H2,1-2H3,(H,32,39). The van der Waals surface area contributed by atoms with Gasteiger partial charge in [-0.25, -0.2) is 0 Å². The van der Waals surface area contributed by atoms with Gasteiger partial charge in [0.05, 0.1) is 56.2 Å². The van der Waals surface area contributed by atoms with Gasteiger partial charge in [-0.15, -0.1) is 0 Å². The Morgan fingerprint density at radius 3 is 2.39 bits per heavy atom. The van der Waals surface area contributed by atoms with Gasteiger partial charge in [0.1, 0.15) is 36.1 Å². The number of aliphatic hydroxyl groups excluding tert-OH is 6. The molecule has 44 heavy (non-hydrogen) atoms. The molecule has 2 heterocycles. The number of hydrogen-bond donors (Lipinski definition) is 13. The maximum atomic E-state index is 12.9. The molecular formula is C26H52N6O12. The molecule has 1 saturated carbocycles. The number of nitrogens with two attached hydrogens (primary N) is 3. The average molecular weight is 641 g/mol. The molecule has 15 atom stereocenters. The highest BCUT2D eigenvalue weighted by Crippen LogP contribution is 2.32. The van der Waals surface area contributed by atoms with Crippen LogP contribution in [-0.4, -0.2) is 173 Å². The lowest BCUT2D eigenvalue weighted by Crippen LogP contribution is -2.70. The Bertz CT molecular complexity index is 894. The lowest BCUT2D eigenvalue weighted by molar-refractivity contribution is -0.307. The number of rotatable bonds is 14. The van der Waals surface area contributed by atoms with E-state index in [9.17, 15) is 30.3 Å². The third-order valence-electron chi connectivity index (χ3n) is 8.49. The molecule has 0 aromatic heterocycles. The van der Waals surface area contributed by atoms with E-state index in [1.54, 1.807) is 0 Å². The number of amides is 1. The molecular weight excluding hydrogens is 588 g/mol. The van der Waals surface area contributed by atoms with E-state index in [1.807, 2.05) is 0 Å². The summed E-state index contributed by atoms with van der Waals surface area (Å²) in [5.41, 5.74) is 17.0. The van der Waals surface area contributed by atoms with Crippen LogP contribution >= 0.6 is 0 Å². The minimum absolute atomic E-state index is 0.0363. The van der Waals surface area contributed by atoms with E-state index < -0.39 is 97.5 Å². The Kier molecular flexibility index (Phi) is 14.1. The van der Waals surface area contributed by atoms with Gasteiger partial charge in [-0.3, -0.25) is 4.79 Å². The summed E-state index contributed by atoms with van der Waals surface area (Å²) in [6.45, 7) is 1.23. The summed E-state index contributed by atoms with van der Waals surface area (Å²) in [5, 5.41) is 80.0. The molecule has 16 N–H and O–H groups in total. The molecule has 3 rings (SSSR count). The van der Waals surface area contributed by atoms with E-state index in [1.165, 1.54) is 14.0 Å². The van der Waals surface area contributed by atoms with Crippen LogP contribution in [0.5, 0.6) is 0 Å². The van der Waals surface area contributed by atoms with Gasteiger partial charge in [-0.2, -0.15) is 0 Å². The number of aliphatic hydroxyl groups is 7. The fourth-order valence-corrected chi connectivity index (χ4v) is 5.89. The Hall–Kier alpha value is -1.17. The largest absolute Gasteiger partial charge is 0.395 e. The maximum absolute atomic E-state index is 12.9. The quantitative estimate of drug-likeness (QED) is 0.0784. The van der Waals surface area contributed by atoms with Crippen molar-refractivity contribution in [2.45, 2.75) is 117 Å². The minimum Gasteiger partial charge on any atom is -0.395 e. The Morgan fingerprint density at radius 2 is 1.75 bits per heavy atom. The van der Waals surface area contributed by atoms with Crippen LogP contribution in [0.1, 0.15) is 26.2 Å². The number of carbonyl (C=O) groups is 1. The van der Waals surface area contributed by atoms with Crippen LogP contribution in [0.4, 0.5) is 0 Å². The summed E-state index contributed by atoms with van der Waals surface area (Å²) in [5.74, 6) is -1.03. The zero-order chi connectivity index (χ0) is 32.8. The zero-order valence-electron chi connectivity index (χ0n) is 25.1. The lowest BCUT2D eigenvalue weighted by Gasteiger charge is -2.49. The molecule has 2 saturated heterocycles. The van der Waals surface area contributed by atoms with Crippen molar-refractivity contribution < 1.29 is 59.5 Å². The summed E-state index contributed by atoms with van der Waals surface area (Å²) < 4.78 is 23.8. The third-order valence-corrected chi connectivity index (χ3v) is 8.49. The predicted octanol–water partition coefficient (Wildman–Crippen LogP) is -7.15. The Balaban J connectivity index is 1.81. The lowest BCUT2D eigenvalue weighted by atomic mass is 9.83.